The van der Waals surface area contributed by atoms with Crippen LogP contribution < -0.4 is 0 Å². The first kappa shape index (κ1) is 16.5. The van der Waals surface area contributed by atoms with Gasteiger partial charge in [0.25, 0.3) is 0 Å². The zero-order chi connectivity index (χ0) is 16.1. The Balaban J connectivity index is 1.82. The molecular weight excluding hydrogens is 278 g/mol. The molecule has 0 N–H and O–H groups in total. The average Bonchev–Trinajstić information content (AvgIpc) is 2.50. The fourth-order valence-electron chi connectivity index (χ4n) is 2.66. The van der Waals surface area contributed by atoms with Crippen LogP contribution in [0.2, 0.25) is 0 Å². The Kier molecular flexibility index (Phi) is 5.55. The molecule has 1 fully saturated rings. The van der Waals surface area contributed by atoms with Gasteiger partial charge >= 0.3 is 0 Å². The number of hydrogen-bond acceptors (Lipinski definition) is 3. The van der Waals surface area contributed by atoms with Crippen LogP contribution in [0.4, 0.5) is 0 Å². The smallest absolute Gasteiger partial charge is 0.236 e. The van der Waals surface area contributed by atoms with E-state index in [0.29, 0.717) is 26.2 Å². The van der Waals surface area contributed by atoms with Crippen LogP contribution in [0.1, 0.15) is 18.1 Å². The van der Waals surface area contributed by atoms with Gasteiger partial charge in [-0.05, 0) is 18.1 Å². The van der Waals surface area contributed by atoms with Gasteiger partial charge < -0.3 is 9.80 Å². The largest absolute Gasteiger partial charge is 0.340 e. The molecule has 0 spiro atoms. The molecule has 5 heteroatoms. The zero-order valence-corrected chi connectivity index (χ0v) is 13.7. The highest BCUT2D eigenvalue weighted by atomic mass is 16.2. The lowest BCUT2D eigenvalue weighted by molar-refractivity contribution is -0.133. The number of hydrogen-bond donors (Lipinski definition) is 0. The summed E-state index contributed by atoms with van der Waals surface area (Å²) in [7, 11) is 1.85. The van der Waals surface area contributed by atoms with Crippen molar-refractivity contribution in [2.24, 2.45) is 0 Å². The Hall–Kier alpha value is -1.88. The van der Waals surface area contributed by atoms with Crippen molar-refractivity contribution in [3.63, 3.8) is 0 Å². The fraction of sp³-hybridized carbons (Fsp3) is 0.529. The van der Waals surface area contributed by atoms with Gasteiger partial charge in [0.15, 0.2) is 0 Å². The molecule has 0 radical (unpaired) electrons. The monoisotopic (exact) mass is 303 g/mol. The molecule has 1 aliphatic heterocycles. The minimum atomic E-state index is 0.114. The Morgan fingerprint density at radius 3 is 2.36 bits per heavy atom. The predicted molar refractivity (Wildman–Crippen MR) is 86.3 cm³/mol. The molecule has 0 aromatic heterocycles. The topological polar surface area (TPSA) is 43.9 Å². The number of benzene rings is 1. The lowest BCUT2D eigenvalue weighted by atomic mass is 10.1. The van der Waals surface area contributed by atoms with E-state index < -0.39 is 0 Å². The first-order valence-corrected chi connectivity index (χ1v) is 7.73. The number of carbonyl (C=O) groups is 2. The second-order valence-electron chi connectivity index (χ2n) is 5.96. The van der Waals surface area contributed by atoms with E-state index in [-0.39, 0.29) is 11.8 Å². The molecule has 0 bridgehead atoms. The molecule has 1 saturated heterocycles. The maximum Gasteiger partial charge on any atom is 0.236 e. The Bertz CT molecular complexity index is 536. The number of aryl methyl sites for hydroxylation is 1. The highest BCUT2D eigenvalue weighted by Gasteiger charge is 2.21. The van der Waals surface area contributed by atoms with E-state index in [9.17, 15) is 9.59 Å². The van der Waals surface area contributed by atoms with E-state index in [1.807, 2.05) is 24.1 Å². The minimum absolute atomic E-state index is 0.114. The van der Waals surface area contributed by atoms with Gasteiger partial charge in [-0.1, -0.05) is 24.3 Å². The van der Waals surface area contributed by atoms with Gasteiger partial charge in [-0.25, -0.2) is 0 Å². The van der Waals surface area contributed by atoms with Crippen LogP contribution in [0, 0.1) is 6.92 Å². The molecule has 120 valence electrons. The minimum Gasteiger partial charge on any atom is -0.340 e. The second-order valence-corrected chi connectivity index (χ2v) is 5.96. The molecule has 1 heterocycles. The summed E-state index contributed by atoms with van der Waals surface area (Å²) in [5, 5.41) is 0. The third-order valence-corrected chi connectivity index (χ3v) is 4.27. The molecule has 1 aliphatic rings. The first-order valence-electron chi connectivity index (χ1n) is 7.73. The molecule has 0 saturated carbocycles. The van der Waals surface area contributed by atoms with Crippen molar-refractivity contribution in [1.29, 1.82) is 0 Å². The third kappa shape index (κ3) is 4.31. The number of rotatable bonds is 4. The maximum atomic E-state index is 12.3. The van der Waals surface area contributed by atoms with Crippen LogP contribution in [-0.4, -0.2) is 66.3 Å². The van der Waals surface area contributed by atoms with Crippen molar-refractivity contribution < 1.29 is 9.59 Å². The van der Waals surface area contributed by atoms with Gasteiger partial charge in [0.05, 0.1) is 6.54 Å². The van der Waals surface area contributed by atoms with Crippen LogP contribution in [0.25, 0.3) is 0 Å². The molecule has 1 aromatic rings. The quantitative estimate of drug-likeness (QED) is 0.837. The lowest BCUT2D eigenvalue weighted by Gasteiger charge is -2.34. The molecule has 22 heavy (non-hydrogen) atoms. The normalized spacial score (nSPS) is 15.7. The molecule has 2 amide bonds. The van der Waals surface area contributed by atoms with Crippen molar-refractivity contribution in [2.75, 3.05) is 39.8 Å². The average molecular weight is 303 g/mol. The molecule has 5 nitrogen and oxygen atoms in total. The standard InChI is InChI=1S/C17H25N3O2/c1-14-6-4-5-7-16(14)12-18(3)17(22)13-19-8-10-20(11-9-19)15(2)21/h4-7H,8-13H2,1-3H3. The van der Waals surface area contributed by atoms with Crippen LogP contribution in [-0.2, 0) is 16.1 Å². The maximum absolute atomic E-state index is 12.3. The van der Waals surface area contributed by atoms with Crippen LogP contribution in [0.15, 0.2) is 24.3 Å². The second kappa shape index (κ2) is 7.40. The number of nitrogens with zero attached hydrogens (tertiary/aromatic N) is 3. The summed E-state index contributed by atoms with van der Waals surface area (Å²) in [5.41, 5.74) is 2.39. The molecule has 2 rings (SSSR count). The number of amides is 2. The van der Waals surface area contributed by atoms with E-state index in [2.05, 4.69) is 24.0 Å². The SMILES string of the molecule is CC(=O)N1CCN(CC(=O)N(C)Cc2ccccc2C)CC1. The van der Waals surface area contributed by atoms with Crippen molar-refractivity contribution in [2.45, 2.75) is 20.4 Å². The highest BCUT2D eigenvalue weighted by Crippen LogP contribution is 2.10. The molecule has 0 atom stereocenters. The zero-order valence-electron chi connectivity index (χ0n) is 13.7. The summed E-state index contributed by atoms with van der Waals surface area (Å²) in [6.07, 6.45) is 0. The van der Waals surface area contributed by atoms with E-state index in [4.69, 9.17) is 0 Å². The van der Waals surface area contributed by atoms with Gasteiger partial charge in [0.1, 0.15) is 0 Å². The fourth-order valence-corrected chi connectivity index (χ4v) is 2.66. The van der Waals surface area contributed by atoms with E-state index in [1.165, 1.54) is 11.1 Å². The summed E-state index contributed by atoms with van der Waals surface area (Å²) in [5.74, 6) is 0.238. The van der Waals surface area contributed by atoms with Crippen LogP contribution in [0.5, 0.6) is 0 Å². The Morgan fingerprint density at radius 2 is 1.77 bits per heavy atom. The van der Waals surface area contributed by atoms with Crippen molar-refractivity contribution >= 4 is 11.8 Å². The van der Waals surface area contributed by atoms with Crippen molar-refractivity contribution in [3.05, 3.63) is 35.4 Å². The Labute approximate surface area is 132 Å². The highest BCUT2D eigenvalue weighted by molar-refractivity contribution is 5.78. The van der Waals surface area contributed by atoms with Crippen molar-refractivity contribution in [1.82, 2.24) is 14.7 Å². The summed E-state index contributed by atoms with van der Waals surface area (Å²) in [4.78, 5) is 29.4. The van der Waals surface area contributed by atoms with Crippen LogP contribution >= 0.6 is 0 Å². The lowest BCUT2D eigenvalue weighted by Crippen LogP contribution is -2.50. The molecular formula is C17H25N3O2. The molecule has 0 unspecified atom stereocenters. The summed E-state index contributed by atoms with van der Waals surface area (Å²) in [6, 6.07) is 8.14. The Morgan fingerprint density at radius 1 is 1.14 bits per heavy atom. The summed E-state index contributed by atoms with van der Waals surface area (Å²) >= 11 is 0. The summed E-state index contributed by atoms with van der Waals surface area (Å²) in [6.45, 7) is 7.68. The van der Waals surface area contributed by atoms with Gasteiger partial charge in [-0.3, -0.25) is 14.5 Å². The molecule has 0 aliphatic carbocycles. The van der Waals surface area contributed by atoms with Gasteiger partial charge in [0, 0.05) is 46.7 Å². The van der Waals surface area contributed by atoms with E-state index in [0.717, 1.165) is 13.1 Å². The summed E-state index contributed by atoms with van der Waals surface area (Å²) < 4.78 is 0. The number of carbonyl (C=O) groups excluding carboxylic acids is 2. The van der Waals surface area contributed by atoms with Gasteiger partial charge in [0.2, 0.25) is 11.8 Å². The number of likely N-dealkylation sites (N-methyl/N-ethyl adjacent to an activating group) is 1. The van der Waals surface area contributed by atoms with Gasteiger partial charge in [-0.2, -0.15) is 0 Å². The third-order valence-electron chi connectivity index (χ3n) is 4.27. The van der Waals surface area contributed by atoms with E-state index in [1.54, 1.807) is 11.8 Å². The van der Waals surface area contributed by atoms with Gasteiger partial charge in [-0.15, -0.1) is 0 Å². The van der Waals surface area contributed by atoms with Crippen LogP contribution in [0.3, 0.4) is 0 Å². The first-order chi connectivity index (χ1) is 10.5. The van der Waals surface area contributed by atoms with Crippen molar-refractivity contribution in [3.8, 4) is 0 Å². The number of piperazine rings is 1. The van der Waals surface area contributed by atoms with E-state index >= 15 is 0 Å². The molecule has 1 aromatic carbocycles. The predicted octanol–water partition coefficient (Wildman–Crippen LogP) is 1.12.